The quantitative estimate of drug-likeness (QED) is 0.488. The van der Waals surface area contributed by atoms with Crippen molar-refractivity contribution >= 4 is 22.8 Å². The van der Waals surface area contributed by atoms with E-state index in [4.69, 9.17) is 21.5 Å². The first-order valence-corrected chi connectivity index (χ1v) is 5.37. The molecule has 84 valence electrons. The first-order valence-electron chi connectivity index (χ1n) is 4.99. The summed E-state index contributed by atoms with van der Waals surface area (Å²) in [6, 6.07) is 5.80. The molecule has 0 heterocycles. The zero-order valence-electron chi connectivity index (χ0n) is 8.90. The Morgan fingerprint density at radius 1 is 1.44 bits per heavy atom. The Bertz CT molecular complexity index is 466. The Labute approximate surface area is 99.0 Å². The molecule has 1 aliphatic rings. The van der Waals surface area contributed by atoms with Crippen LogP contribution >= 0.6 is 11.6 Å². The highest BCUT2D eigenvalue weighted by atomic mass is 35.5. The lowest BCUT2D eigenvalue weighted by atomic mass is 9.92. The molecule has 16 heavy (non-hydrogen) atoms. The summed E-state index contributed by atoms with van der Waals surface area (Å²) in [4.78, 5) is 0. The molecule has 2 rings (SSSR count). The van der Waals surface area contributed by atoms with E-state index < -0.39 is 0 Å². The number of fused-ring (bicyclic) bond motifs is 1. The number of hydrogen-bond donors (Lipinski definition) is 1. The van der Waals surface area contributed by atoms with Crippen molar-refractivity contribution in [1.29, 1.82) is 0 Å². The Kier molecular flexibility index (Phi) is 3.15. The number of rotatable bonds is 2. The lowest BCUT2D eigenvalue weighted by molar-refractivity contribution is 0.321. The fourth-order valence-corrected chi connectivity index (χ4v) is 2.19. The summed E-state index contributed by atoms with van der Waals surface area (Å²) in [5.74, 6) is 0.836. The van der Waals surface area contributed by atoms with Gasteiger partial charge in [0.25, 0.3) is 0 Å². The topological polar surface area (TPSA) is 41.8 Å². The van der Waals surface area contributed by atoms with Crippen LogP contribution in [-0.4, -0.2) is 18.5 Å². The third-order valence-electron chi connectivity index (χ3n) is 2.71. The van der Waals surface area contributed by atoms with Crippen LogP contribution in [0.2, 0.25) is 0 Å². The van der Waals surface area contributed by atoms with Gasteiger partial charge in [-0.3, -0.25) is 0 Å². The number of hydrogen-bond acceptors (Lipinski definition) is 3. The van der Waals surface area contributed by atoms with Gasteiger partial charge in [-0.25, -0.2) is 0 Å². The third-order valence-corrected chi connectivity index (χ3v) is 3.15. The molecule has 0 spiro atoms. The van der Waals surface area contributed by atoms with E-state index in [2.05, 4.69) is 5.16 Å². The van der Waals surface area contributed by atoms with Gasteiger partial charge in [-0.2, -0.15) is 0 Å². The van der Waals surface area contributed by atoms with Crippen molar-refractivity contribution in [3.63, 3.8) is 0 Å². The largest absolute Gasteiger partial charge is 0.497 e. The second kappa shape index (κ2) is 4.58. The van der Waals surface area contributed by atoms with Crippen LogP contribution in [-0.2, 0) is 6.42 Å². The predicted molar refractivity (Wildman–Crippen MR) is 64.4 cm³/mol. The lowest BCUT2D eigenvalue weighted by Crippen LogP contribution is -2.03. The van der Waals surface area contributed by atoms with E-state index >= 15 is 0 Å². The number of allylic oxidation sites excluding steroid dienone is 1. The van der Waals surface area contributed by atoms with Gasteiger partial charge in [0, 0.05) is 0 Å². The van der Waals surface area contributed by atoms with Crippen LogP contribution in [0, 0.1) is 0 Å². The van der Waals surface area contributed by atoms with Gasteiger partial charge in [-0.15, -0.1) is 0 Å². The number of oxime groups is 1. The predicted octanol–water partition coefficient (Wildman–Crippen LogP) is 3.05. The molecule has 0 aromatic heterocycles. The van der Waals surface area contributed by atoms with Crippen molar-refractivity contribution in [1.82, 2.24) is 0 Å². The first-order chi connectivity index (χ1) is 7.76. The van der Waals surface area contributed by atoms with Crippen molar-refractivity contribution in [2.75, 3.05) is 7.11 Å². The first kappa shape index (κ1) is 11.0. The third kappa shape index (κ3) is 1.91. The summed E-state index contributed by atoms with van der Waals surface area (Å²) in [7, 11) is 1.64. The highest BCUT2D eigenvalue weighted by molar-refractivity contribution is 6.50. The number of ether oxygens (including phenoxy) is 1. The van der Waals surface area contributed by atoms with E-state index in [-0.39, 0.29) is 0 Å². The van der Waals surface area contributed by atoms with Gasteiger partial charge in [0.05, 0.1) is 18.4 Å². The van der Waals surface area contributed by atoms with E-state index in [0.717, 1.165) is 29.7 Å². The van der Waals surface area contributed by atoms with Crippen LogP contribution in [0.25, 0.3) is 5.03 Å². The van der Waals surface area contributed by atoms with Gasteiger partial charge in [-0.1, -0.05) is 16.8 Å². The smallest absolute Gasteiger partial charge is 0.119 e. The van der Waals surface area contributed by atoms with Crippen molar-refractivity contribution in [3.05, 3.63) is 34.9 Å². The van der Waals surface area contributed by atoms with Crippen LogP contribution in [0.3, 0.4) is 0 Å². The maximum atomic E-state index is 8.52. The Morgan fingerprint density at radius 3 is 2.94 bits per heavy atom. The molecule has 0 radical (unpaired) electrons. The average molecular weight is 238 g/mol. The Hall–Kier alpha value is -1.48. The maximum absolute atomic E-state index is 8.52. The summed E-state index contributed by atoms with van der Waals surface area (Å²) in [6.07, 6.45) is 3.06. The molecule has 1 N–H and O–H groups in total. The van der Waals surface area contributed by atoms with Crippen molar-refractivity contribution in [3.8, 4) is 5.75 Å². The van der Waals surface area contributed by atoms with E-state index in [0.29, 0.717) is 5.03 Å². The minimum Gasteiger partial charge on any atom is -0.497 e. The molecule has 0 saturated carbocycles. The molecule has 1 aromatic rings. The summed E-state index contributed by atoms with van der Waals surface area (Å²) in [5, 5.41) is 12.2. The van der Waals surface area contributed by atoms with E-state index in [1.165, 1.54) is 11.8 Å². The number of aryl methyl sites for hydroxylation is 1. The van der Waals surface area contributed by atoms with Crippen LogP contribution in [0.1, 0.15) is 17.5 Å². The van der Waals surface area contributed by atoms with Crippen LogP contribution in [0.15, 0.2) is 28.9 Å². The molecule has 0 aliphatic heterocycles. The fourth-order valence-electron chi connectivity index (χ4n) is 1.86. The second-order valence-corrected chi connectivity index (χ2v) is 3.98. The zero-order valence-corrected chi connectivity index (χ0v) is 9.66. The molecule has 1 aliphatic carbocycles. The van der Waals surface area contributed by atoms with Gasteiger partial charge in [0.2, 0.25) is 0 Å². The van der Waals surface area contributed by atoms with Crippen molar-refractivity contribution < 1.29 is 9.94 Å². The average Bonchev–Trinajstić information content (AvgIpc) is 2.32. The maximum Gasteiger partial charge on any atom is 0.119 e. The van der Waals surface area contributed by atoms with Crippen LogP contribution < -0.4 is 4.74 Å². The molecule has 0 bridgehead atoms. The molecular weight excluding hydrogens is 226 g/mol. The van der Waals surface area contributed by atoms with Gasteiger partial charge < -0.3 is 9.94 Å². The molecule has 0 unspecified atom stereocenters. The fraction of sp³-hybridized carbons (Fsp3) is 0.250. The molecular formula is C12H12ClNO2. The van der Waals surface area contributed by atoms with Crippen LogP contribution in [0.4, 0.5) is 0 Å². The molecule has 0 amide bonds. The highest BCUT2D eigenvalue weighted by Crippen LogP contribution is 2.35. The standard InChI is InChI=1S/C12H12ClNO2/c1-16-10-4-5-11-8(6-10)2-3-9(7-14-15)12(11)13/h4-7,15H,2-3H2,1H3. The van der Waals surface area contributed by atoms with Gasteiger partial charge in [0.15, 0.2) is 0 Å². The zero-order chi connectivity index (χ0) is 11.5. The molecule has 1 aromatic carbocycles. The summed E-state index contributed by atoms with van der Waals surface area (Å²) in [6.45, 7) is 0. The van der Waals surface area contributed by atoms with E-state index in [9.17, 15) is 0 Å². The molecule has 4 heteroatoms. The highest BCUT2D eigenvalue weighted by Gasteiger charge is 2.17. The normalized spacial score (nSPS) is 15.4. The summed E-state index contributed by atoms with van der Waals surface area (Å²) >= 11 is 6.22. The number of benzene rings is 1. The molecule has 0 fully saturated rings. The van der Waals surface area contributed by atoms with E-state index in [1.807, 2.05) is 18.2 Å². The van der Waals surface area contributed by atoms with Crippen molar-refractivity contribution in [2.24, 2.45) is 5.16 Å². The Morgan fingerprint density at radius 2 is 2.25 bits per heavy atom. The SMILES string of the molecule is COc1ccc2c(c1)CCC(C=NO)=C2Cl. The van der Waals surface area contributed by atoms with E-state index in [1.54, 1.807) is 7.11 Å². The molecule has 0 atom stereocenters. The van der Waals surface area contributed by atoms with Crippen molar-refractivity contribution in [2.45, 2.75) is 12.8 Å². The molecule has 3 nitrogen and oxygen atoms in total. The van der Waals surface area contributed by atoms with Crippen LogP contribution in [0.5, 0.6) is 5.75 Å². The molecule has 0 saturated heterocycles. The number of nitrogens with zero attached hydrogens (tertiary/aromatic N) is 1. The lowest BCUT2D eigenvalue weighted by Gasteiger charge is -2.17. The monoisotopic (exact) mass is 237 g/mol. The summed E-state index contributed by atoms with van der Waals surface area (Å²) in [5.41, 5.74) is 3.02. The van der Waals surface area contributed by atoms with Gasteiger partial charge in [-0.05, 0) is 47.7 Å². The van der Waals surface area contributed by atoms with Gasteiger partial charge >= 0.3 is 0 Å². The number of methoxy groups -OCH3 is 1. The number of halogens is 1. The Balaban J connectivity index is 2.47. The minimum absolute atomic E-state index is 0.654. The van der Waals surface area contributed by atoms with Gasteiger partial charge in [0.1, 0.15) is 5.75 Å². The summed E-state index contributed by atoms with van der Waals surface area (Å²) < 4.78 is 5.16. The minimum atomic E-state index is 0.654. The second-order valence-electron chi connectivity index (χ2n) is 3.61.